The molecule has 0 bridgehead atoms. The summed E-state index contributed by atoms with van der Waals surface area (Å²) in [5.41, 5.74) is 0.237. The van der Waals surface area contributed by atoms with E-state index in [1.54, 1.807) is 24.3 Å². The Morgan fingerprint density at radius 2 is 1.95 bits per heavy atom. The minimum atomic E-state index is -0.337. The number of hydrogen-bond donors (Lipinski definition) is 1. The van der Waals surface area contributed by atoms with Gasteiger partial charge in [0, 0.05) is 12.1 Å². The fraction of sp³-hybridized carbons (Fsp3) is 0.333. The van der Waals surface area contributed by atoms with Gasteiger partial charge < -0.3 is 9.73 Å². The van der Waals surface area contributed by atoms with Crippen molar-refractivity contribution in [1.29, 1.82) is 0 Å². The van der Waals surface area contributed by atoms with Crippen molar-refractivity contribution in [3.05, 3.63) is 46.3 Å². The van der Waals surface area contributed by atoms with Crippen LogP contribution in [0.4, 0.5) is 0 Å². The summed E-state index contributed by atoms with van der Waals surface area (Å²) in [4.78, 5) is 23.9. The topological polar surface area (TPSA) is 59.3 Å². The van der Waals surface area contributed by atoms with Crippen LogP contribution in [0.15, 0.2) is 39.5 Å². The van der Waals surface area contributed by atoms with Gasteiger partial charge in [0.05, 0.1) is 5.39 Å². The van der Waals surface area contributed by atoms with Crippen molar-refractivity contribution in [2.24, 2.45) is 0 Å². The standard InChI is InChI=1S/C15H17NO3/c1-3-10(4-2)16-15(18)14-9-12(17)11-7-5-6-8-13(11)19-14/h5-10H,3-4H2,1-2H3,(H,16,18). The van der Waals surface area contributed by atoms with Crippen LogP contribution >= 0.6 is 0 Å². The molecule has 0 aliphatic heterocycles. The maximum Gasteiger partial charge on any atom is 0.287 e. The Morgan fingerprint density at radius 3 is 2.63 bits per heavy atom. The normalized spacial score (nSPS) is 10.9. The largest absolute Gasteiger partial charge is 0.451 e. The second-order valence-corrected chi connectivity index (χ2v) is 4.46. The molecule has 4 nitrogen and oxygen atoms in total. The first-order chi connectivity index (χ1) is 9.15. The van der Waals surface area contributed by atoms with Gasteiger partial charge in [-0.1, -0.05) is 26.0 Å². The van der Waals surface area contributed by atoms with Crippen molar-refractivity contribution in [2.75, 3.05) is 0 Å². The van der Waals surface area contributed by atoms with E-state index in [0.717, 1.165) is 12.8 Å². The molecule has 19 heavy (non-hydrogen) atoms. The molecule has 1 heterocycles. The summed E-state index contributed by atoms with van der Waals surface area (Å²) in [5, 5.41) is 3.34. The number of amides is 1. The molecule has 0 saturated heterocycles. The van der Waals surface area contributed by atoms with Gasteiger partial charge in [-0.15, -0.1) is 0 Å². The van der Waals surface area contributed by atoms with Crippen LogP contribution in [-0.4, -0.2) is 11.9 Å². The SMILES string of the molecule is CCC(CC)NC(=O)c1cc(=O)c2ccccc2o1. The van der Waals surface area contributed by atoms with E-state index in [1.165, 1.54) is 6.07 Å². The van der Waals surface area contributed by atoms with Crippen LogP contribution in [0.5, 0.6) is 0 Å². The van der Waals surface area contributed by atoms with Crippen LogP contribution in [0.2, 0.25) is 0 Å². The van der Waals surface area contributed by atoms with Crippen LogP contribution in [0.25, 0.3) is 11.0 Å². The monoisotopic (exact) mass is 259 g/mol. The van der Waals surface area contributed by atoms with E-state index in [-0.39, 0.29) is 23.1 Å². The van der Waals surface area contributed by atoms with Crippen molar-refractivity contribution in [1.82, 2.24) is 5.32 Å². The summed E-state index contributed by atoms with van der Waals surface area (Å²) in [6, 6.07) is 8.26. The van der Waals surface area contributed by atoms with Gasteiger partial charge in [-0.3, -0.25) is 9.59 Å². The maximum absolute atomic E-state index is 12.0. The molecule has 0 unspecified atom stereocenters. The highest BCUT2D eigenvalue weighted by atomic mass is 16.3. The summed E-state index contributed by atoms with van der Waals surface area (Å²) in [6.07, 6.45) is 1.69. The van der Waals surface area contributed by atoms with Gasteiger partial charge in [-0.2, -0.15) is 0 Å². The number of rotatable bonds is 4. The number of carbonyl (C=O) groups excluding carboxylic acids is 1. The molecule has 4 heteroatoms. The second kappa shape index (κ2) is 5.69. The molecule has 2 rings (SSSR count). The van der Waals surface area contributed by atoms with Gasteiger partial charge in [0.2, 0.25) is 0 Å². The molecule has 1 amide bonds. The van der Waals surface area contributed by atoms with E-state index in [2.05, 4.69) is 5.32 Å². The maximum atomic E-state index is 12.0. The van der Waals surface area contributed by atoms with Crippen LogP contribution < -0.4 is 10.7 Å². The van der Waals surface area contributed by atoms with Gasteiger partial charge in [-0.25, -0.2) is 0 Å². The molecule has 0 fully saturated rings. The fourth-order valence-electron chi connectivity index (χ4n) is 1.97. The summed E-state index contributed by atoms with van der Waals surface area (Å²) in [7, 11) is 0. The molecule has 0 saturated carbocycles. The summed E-state index contributed by atoms with van der Waals surface area (Å²) >= 11 is 0. The first kappa shape index (κ1) is 13.3. The molecule has 0 spiro atoms. The first-order valence-electron chi connectivity index (χ1n) is 6.49. The highest BCUT2D eigenvalue weighted by molar-refractivity contribution is 5.93. The summed E-state index contributed by atoms with van der Waals surface area (Å²) < 4.78 is 5.48. The first-order valence-corrected chi connectivity index (χ1v) is 6.49. The van der Waals surface area contributed by atoms with Crippen LogP contribution in [0.3, 0.4) is 0 Å². The zero-order valence-corrected chi connectivity index (χ0v) is 11.1. The Bertz CT molecular complexity index is 641. The Kier molecular flexibility index (Phi) is 4.00. The number of hydrogen-bond acceptors (Lipinski definition) is 3. The second-order valence-electron chi connectivity index (χ2n) is 4.46. The molecule has 0 aliphatic rings. The van der Waals surface area contributed by atoms with E-state index in [0.29, 0.717) is 11.0 Å². The molecule has 2 aromatic rings. The molecule has 1 N–H and O–H groups in total. The third-order valence-corrected chi connectivity index (χ3v) is 3.18. The Hall–Kier alpha value is -2.10. The van der Waals surface area contributed by atoms with Crippen molar-refractivity contribution < 1.29 is 9.21 Å². The number of benzene rings is 1. The van der Waals surface area contributed by atoms with E-state index in [1.807, 2.05) is 13.8 Å². The van der Waals surface area contributed by atoms with E-state index >= 15 is 0 Å². The molecule has 0 radical (unpaired) electrons. The predicted octanol–water partition coefficient (Wildman–Crippen LogP) is 2.71. The third-order valence-electron chi connectivity index (χ3n) is 3.18. The minimum absolute atomic E-state index is 0.0654. The Labute approximate surface area is 111 Å². The highest BCUT2D eigenvalue weighted by Gasteiger charge is 2.14. The van der Waals surface area contributed by atoms with Gasteiger partial charge >= 0.3 is 0 Å². The van der Waals surface area contributed by atoms with Crippen molar-refractivity contribution in [2.45, 2.75) is 32.7 Å². The number of nitrogens with one attached hydrogen (secondary N) is 1. The van der Waals surface area contributed by atoms with Gasteiger partial charge in [-0.05, 0) is 25.0 Å². The van der Waals surface area contributed by atoms with E-state index in [4.69, 9.17) is 4.42 Å². The molecular formula is C15H17NO3. The number of para-hydroxylation sites is 1. The lowest BCUT2D eigenvalue weighted by Gasteiger charge is -2.14. The zero-order chi connectivity index (χ0) is 13.8. The van der Waals surface area contributed by atoms with E-state index < -0.39 is 0 Å². The smallest absolute Gasteiger partial charge is 0.287 e. The quantitative estimate of drug-likeness (QED) is 0.918. The van der Waals surface area contributed by atoms with Crippen molar-refractivity contribution in [3.63, 3.8) is 0 Å². The predicted molar refractivity (Wildman–Crippen MR) is 74.3 cm³/mol. The van der Waals surface area contributed by atoms with Crippen molar-refractivity contribution in [3.8, 4) is 0 Å². The molecule has 0 aliphatic carbocycles. The minimum Gasteiger partial charge on any atom is -0.451 e. The third kappa shape index (κ3) is 2.84. The molecule has 1 aromatic carbocycles. The van der Waals surface area contributed by atoms with Gasteiger partial charge in [0.15, 0.2) is 11.2 Å². The Morgan fingerprint density at radius 1 is 1.26 bits per heavy atom. The van der Waals surface area contributed by atoms with Crippen LogP contribution in [-0.2, 0) is 0 Å². The van der Waals surface area contributed by atoms with E-state index in [9.17, 15) is 9.59 Å². The molecule has 100 valence electrons. The summed E-state index contributed by atoms with van der Waals surface area (Å²) in [6.45, 7) is 4.01. The van der Waals surface area contributed by atoms with Crippen LogP contribution in [0, 0.1) is 0 Å². The summed E-state index contributed by atoms with van der Waals surface area (Å²) in [5.74, 6) is -0.271. The zero-order valence-electron chi connectivity index (χ0n) is 11.1. The average Bonchev–Trinajstić information content (AvgIpc) is 2.44. The number of carbonyl (C=O) groups is 1. The fourth-order valence-corrected chi connectivity index (χ4v) is 1.97. The van der Waals surface area contributed by atoms with Gasteiger partial charge in [0.1, 0.15) is 5.58 Å². The molecule has 1 aromatic heterocycles. The Balaban J connectivity index is 2.35. The molecule has 0 atom stereocenters. The van der Waals surface area contributed by atoms with Crippen molar-refractivity contribution >= 4 is 16.9 Å². The molecular weight excluding hydrogens is 242 g/mol. The average molecular weight is 259 g/mol. The lowest BCUT2D eigenvalue weighted by molar-refractivity contribution is 0.0907. The number of fused-ring (bicyclic) bond motifs is 1. The van der Waals surface area contributed by atoms with Gasteiger partial charge in [0.25, 0.3) is 5.91 Å². The van der Waals surface area contributed by atoms with Crippen LogP contribution in [0.1, 0.15) is 37.2 Å². The highest BCUT2D eigenvalue weighted by Crippen LogP contribution is 2.12. The lowest BCUT2D eigenvalue weighted by atomic mass is 10.1. The lowest BCUT2D eigenvalue weighted by Crippen LogP contribution is -2.34.